The number of hydrogen-bond donors (Lipinski definition) is 0. The summed E-state index contributed by atoms with van der Waals surface area (Å²) in [6.07, 6.45) is 0. The number of non-ortho nitro benzene ring substituents is 1. The molecule has 1 atom stereocenters. The number of benzene rings is 2. The van der Waals surface area contributed by atoms with E-state index in [-0.39, 0.29) is 10.7 Å². The quantitative estimate of drug-likeness (QED) is 0.606. The molecule has 0 heterocycles. The molecule has 2 aromatic rings. The van der Waals surface area contributed by atoms with Gasteiger partial charge in [-0.25, -0.2) is 0 Å². The van der Waals surface area contributed by atoms with Crippen LogP contribution in [-0.2, 0) is 5.41 Å². The second-order valence-corrected chi connectivity index (χ2v) is 5.51. The Bertz CT molecular complexity index is 738. The molecule has 4 nitrogen and oxygen atoms in total. The van der Waals surface area contributed by atoms with Crippen LogP contribution in [0.2, 0.25) is 10.0 Å². The molecule has 0 saturated carbocycles. The Morgan fingerprint density at radius 1 is 1.19 bits per heavy atom. The van der Waals surface area contributed by atoms with E-state index in [1.165, 1.54) is 18.2 Å². The largest absolute Gasteiger partial charge is 0.270 e. The van der Waals surface area contributed by atoms with Gasteiger partial charge in [0.1, 0.15) is 5.41 Å². The predicted molar refractivity (Wildman–Crippen MR) is 81.6 cm³/mol. The van der Waals surface area contributed by atoms with Gasteiger partial charge >= 0.3 is 0 Å². The lowest BCUT2D eigenvalue weighted by Gasteiger charge is -2.23. The zero-order chi connectivity index (χ0) is 15.6. The number of nitro benzene ring substituents is 1. The summed E-state index contributed by atoms with van der Waals surface area (Å²) in [5, 5.41) is 21.1. The Labute approximate surface area is 131 Å². The number of nitriles is 1. The molecule has 0 amide bonds. The van der Waals surface area contributed by atoms with Crippen molar-refractivity contribution in [2.45, 2.75) is 12.3 Å². The van der Waals surface area contributed by atoms with Crippen LogP contribution in [0.25, 0.3) is 0 Å². The monoisotopic (exact) mass is 320 g/mol. The van der Waals surface area contributed by atoms with E-state index in [9.17, 15) is 15.4 Å². The van der Waals surface area contributed by atoms with Crippen molar-refractivity contribution in [3.05, 3.63) is 73.8 Å². The zero-order valence-corrected chi connectivity index (χ0v) is 12.5. The van der Waals surface area contributed by atoms with Crippen molar-refractivity contribution in [3.63, 3.8) is 0 Å². The summed E-state index contributed by atoms with van der Waals surface area (Å²) in [6, 6.07) is 13.2. The minimum absolute atomic E-state index is 0.111. The maximum Gasteiger partial charge on any atom is 0.270 e. The highest BCUT2D eigenvalue weighted by Crippen LogP contribution is 2.37. The van der Waals surface area contributed by atoms with E-state index in [0.29, 0.717) is 16.1 Å². The van der Waals surface area contributed by atoms with E-state index >= 15 is 0 Å². The van der Waals surface area contributed by atoms with Crippen LogP contribution in [0.1, 0.15) is 18.1 Å². The van der Waals surface area contributed by atoms with Crippen molar-refractivity contribution >= 4 is 28.9 Å². The average molecular weight is 321 g/mol. The molecule has 0 aliphatic heterocycles. The Hall–Kier alpha value is -2.09. The Morgan fingerprint density at radius 3 is 2.29 bits per heavy atom. The standard InChI is InChI=1S/C15H10Cl2N2O2/c1-15(9-18,10-2-4-11(16)5-3-10)13-7-6-12(19(20)21)8-14(13)17/h2-8H,1H3. The highest BCUT2D eigenvalue weighted by Gasteiger charge is 2.31. The van der Waals surface area contributed by atoms with Gasteiger partial charge in [0.25, 0.3) is 5.69 Å². The Kier molecular flexibility index (Phi) is 4.17. The lowest BCUT2D eigenvalue weighted by Crippen LogP contribution is -2.21. The summed E-state index contributed by atoms with van der Waals surface area (Å²) in [4.78, 5) is 10.2. The van der Waals surface area contributed by atoms with Crippen LogP contribution in [0.3, 0.4) is 0 Å². The predicted octanol–water partition coefficient (Wildman–Crippen LogP) is 4.73. The number of nitrogens with zero attached hydrogens (tertiary/aromatic N) is 2. The van der Waals surface area contributed by atoms with Crippen molar-refractivity contribution in [3.8, 4) is 6.07 Å². The van der Waals surface area contributed by atoms with Crippen molar-refractivity contribution in [1.82, 2.24) is 0 Å². The number of nitro groups is 1. The van der Waals surface area contributed by atoms with Gasteiger partial charge in [-0.15, -0.1) is 0 Å². The molecule has 0 aliphatic carbocycles. The summed E-state index contributed by atoms with van der Waals surface area (Å²) in [5.74, 6) is 0. The van der Waals surface area contributed by atoms with E-state index < -0.39 is 10.3 Å². The lowest BCUT2D eigenvalue weighted by molar-refractivity contribution is -0.384. The molecule has 0 aliphatic rings. The van der Waals surface area contributed by atoms with Gasteiger partial charge in [-0.05, 0) is 36.2 Å². The molecule has 21 heavy (non-hydrogen) atoms. The fourth-order valence-corrected chi connectivity index (χ4v) is 2.58. The first-order valence-electron chi connectivity index (χ1n) is 6.00. The molecule has 106 valence electrons. The van der Waals surface area contributed by atoms with Gasteiger partial charge in [0.2, 0.25) is 0 Å². The van der Waals surface area contributed by atoms with E-state index in [1.54, 1.807) is 31.2 Å². The van der Waals surface area contributed by atoms with Gasteiger partial charge in [0.05, 0.1) is 16.0 Å². The van der Waals surface area contributed by atoms with Crippen LogP contribution in [-0.4, -0.2) is 4.92 Å². The molecule has 0 bridgehead atoms. The van der Waals surface area contributed by atoms with E-state index in [1.807, 2.05) is 0 Å². The van der Waals surface area contributed by atoms with Gasteiger partial charge in [-0.2, -0.15) is 5.26 Å². The van der Waals surface area contributed by atoms with E-state index in [4.69, 9.17) is 23.2 Å². The maximum absolute atomic E-state index is 10.8. The lowest BCUT2D eigenvalue weighted by atomic mass is 9.77. The van der Waals surface area contributed by atoms with E-state index in [0.717, 1.165) is 0 Å². The fraction of sp³-hybridized carbons (Fsp3) is 0.133. The third-order valence-corrected chi connectivity index (χ3v) is 3.91. The van der Waals surface area contributed by atoms with Gasteiger partial charge in [-0.1, -0.05) is 35.3 Å². The van der Waals surface area contributed by atoms with Crippen LogP contribution < -0.4 is 0 Å². The first-order chi connectivity index (χ1) is 9.88. The third kappa shape index (κ3) is 2.85. The van der Waals surface area contributed by atoms with Crippen LogP contribution in [0.15, 0.2) is 42.5 Å². The molecule has 1 unspecified atom stereocenters. The van der Waals surface area contributed by atoms with Gasteiger partial charge < -0.3 is 0 Å². The summed E-state index contributed by atoms with van der Waals surface area (Å²) in [5.41, 5.74) is 0.0986. The molecule has 0 saturated heterocycles. The highest BCUT2D eigenvalue weighted by atomic mass is 35.5. The first-order valence-corrected chi connectivity index (χ1v) is 6.76. The molecule has 2 aromatic carbocycles. The third-order valence-electron chi connectivity index (χ3n) is 3.35. The minimum atomic E-state index is -1.02. The number of rotatable bonds is 3. The van der Waals surface area contributed by atoms with Crippen LogP contribution in [0, 0.1) is 21.4 Å². The van der Waals surface area contributed by atoms with Crippen molar-refractivity contribution in [2.75, 3.05) is 0 Å². The van der Waals surface area contributed by atoms with Gasteiger partial charge in [0.15, 0.2) is 0 Å². The van der Waals surface area contributed by atoms with E-state index in [2.05, 4.69) is 6.07 Å². The molecule has 0 aromatic heterocycles. The average Bonchev–Trinajstić information content (AvgIpc) is 2.47. The summed E-state index contributed by atoms with van der Waals surface area (Å²) < 4.78 is 0. The van der Waals surface area contributed by atoms with Gasteiger partial charge in [0, 0.05) is 17.2 Å². The Morgan fingerprint density at radius 2 is 1.81 bits per heavy atom. The summed E-state index contributed by atoms with van der Waals surface area (Å²) in [7, 11) is 0. The first kappa shape index (κ1) is 15.3. The summed E-state index contributed by atoms with van der Waals surface area (Å²) >= 11 is 12.0. The minimum Gasteiger partial charge on any atom is -0.258 e. The Balaban J connectivity index is 2.58. The second kappa shape index (κ2) is 5.72. The molecule has 6 heteroatoms. The molecule has 0 N–H and O–H groups in total. The number of hydrogen-bond acceptors (Lipinski definition) is 3. The molecule has 2 rings (SSSR count). The zero-order valence-electron chi connectivity index (χ0n) is 11.0. The van der Waals surface area contributed by atoms with Crippen LogP contribution in [0.5, 0.6) is 0 Å². The smallest absolute Gasteiger partial charge is 0.258 e. The highest BCUT2D eigenvalue weighted by molar-refractivity contribution is 6.32. The second-order valence-electron chi connectivity index (χ2n) is 4.66. The molecule has 0 radical (unpaired) electrons. The molecule has 0 fully saturated rings. The van der Waals surface area contributed by atoms with Crippen LogP contribution in [0.4, 0.5) is 5.69 Å². The SMILES string of the molecule is CC(C#N)(c1ccc(Cl)cc1)c1ccc([N+](=O)[O-])cc1Cl. The van der Waals surface area contributed by atoms with Crippen LogP contribution >= 0.6 is 23.2 Å². The fourth-order valence-electron chi connectivity index (χ4n) is 2.09. The molecular weight excluding hydrogens is 311 g/mol. The normalized spacial score (nSPS) is 13.2. The molecular formula is C15H10Cl2N2O2. The van der Waals surface area contributed by atoms with Crippen molar-refractivity contribution in [1.29, 1.82) is 5.26 Å². The summed E-state index contributed by atoms with van der Waals surface area (Å²) in [6.45, 7) is 1.71. The molecule has 0 spiro atoms. The van der Waals surface area contributed by atoms with Gasteiger partial charge in [-0.3, -0.25) is 10.1 Å². The van der Waals surface area contributed by atoms with Crippen molar-refractivity contribution < 1.29 is 4.92 Å². The van der Waals surface area contributed by atoms with Crippen molar-refractivity contribution in [2.24, 2.45) is 0 Å². The maximum atomic E-state index is 10.8. The topological polar surface area (TPSA) is 66.9 Å². The number of halogens is 2.